The van der Waals surface area contributed by atoms with Crippen LogP contribution in [0.15, 0.2) is 76.1 Å². The van der Waals surface area contributed by atoms with Crippen molar-refractivity contribution in [1.82, 2.24) is 14.5 Å². The van der Waals surface area contributed by atoms with Gasteiger partial charge in [-0.05, 0) is 60.7 Å². The third kappa shape index (κ3) is 8.20. The fourth-order valence-electron chi connectivity index (χ4n) is 3.65. The van der Waals surface area contributed by atoms with E-state index in [1.807, 2.05) is 59.3 Å². The second-order valence-corrected chi connectivity index (χ2v) is 11.6. The molecule has 7 nitrogen and oxygen atoms in total. The van der Waals surface area contributed by atoms with Crippen LogP contribution < -0.4 is 4.74 Å². The second kappa shape index (κ2) is 12.2. The maximum absolute atomic E-state index is 11.5. The number of hydrogen-bond donors (Lipinski definition) is 0. The van der Waals surface area contributed by atoms with Crippen molar-refractivity contribution in [2.75, 3.05) is 6.26 Å². The molecule has 4 rings (SSSR count). The Morgan fingerprint density at radius 3 is 2.58 bits per heavy atom. The molecule has 0 unspecified atom stereocenters. The number of hydrogen-bond acceptors (Lipinski definition) is 6. The SMILES string of the molecule is CS(=O)(=O)Cc1nccn1CCCCc1ccc(OCc2coc(/C=C/c3ccc(Br)cc3)n2)cc1. The molecule has 2 heterocycles. The van der Waals surface area contributed by atoms with Crippen molar-refractivity contribution in [3.05, 3.63) is 100 Å². The van der Waals surface area contributed by atoms with Crippen LogP contribution in [0, 0.1) is 0 Å². The van der Waals surface area contributed by atoms with E-state index in [4.69, 9.17) is 9.15 Å². The summed E-state index contributed by atoms with van der Waals surface area (Å²) in [5.74, 6) is 1.88. The maximum Gasteiger partial charge on any atom is 0.218 e. The number of aromatic nitrogens is 3. The first-order valence-corrected chi connectivity index (χ1v) is 14.5. The van der Waals surface area contributed by atoms with Crippen molar-refractivity contribution in [1.29, 1.82) is 0 Å². The standard InChI is InChI=1S/C27H28BrN3O4S/c1-36(32,33)20-26-29-15-17-31(26)16-3-2-4-21-7-12-25(13-8-21)34-18-24-19-35-27(30-24)14-9-22-5-10-23(28)11-6-22/h5-15,17,19H,2-4,16,18,20H2,1H3/b14-9+. The summed E-state index contributed by atoms with van der Waals surface area (Å²) in [6.45, 7) is 1.08. The van der Waals surface area contributed by atoms with Gasteiger partial charge in [0.1, 0.15) is 35.9 Å². The van der Waals surface area contributed by atoms with E-state index >= 15 is 0 Å². The summed E-state index contributed by atoms with van der Waals surface area (Å²) in [6, 6.07) is 16.0. The molecule has 9 heteroatoms. The number of sulfone groups is 1. The van der Waals surface area contributed by atoms with Crippen LogP contribution in [0.1, 0.15) is 41.4 Å². The highest BCUT2D eigenvalue weighted by molar-refractivity contribution is 9.10. The molecule has 0 radical (unpaired) electrons. The van der Waals surface area contributed by atoms with Crippen LogP contribution in [0.25, 0.3) is 12.2 Å². The quantitative estimate of drug-likeness (QED) is 0.196. The number of oxazole rings is 1. The zero-order valence-corrected chi connectivity index (χ0v) is 22.4. The van der Waals surface area contributed by atoms with Crippen LogP contribution in [0.2, 0.25) is 0 Å². The molecular formula is C27H28BrN3O4S. The van der Waals surface area contributed by atoms with Crippen molar-refractivity contribution >= 4 is 37.9 Å². The lowest BCUT2D eigenvalue weighted by Crippen LogP contribution is -2.09. The van der Waals surface area contributed by atoms with Gasteiger partial charge in [0, 0.05) is 35.7 Å². The number of halogens is 1. The first kappa shape index (κ1) is 25.9. The van der Waals surface area contributed by atoms with E-state index in [9.17, 15) is 8.42 Å². The number of ether oxygens (including phenoxy) is 1. The zero-order chi connectivity index (χ0) is 25.4. The van der Waals surface area contributed by atoms with Gasteiger partial charge in [-0.2, -0.15) is 0 Å². The van der Waals surface area contributed by atoms with E-state index in [1.54, 1.807) is 12.5 Å². The summed E-state index contributed by atoms with van der Waals surface area (Å²) in [7, 11) is -3.09. The van der Waals surface area contributed by atoms with Crippen molar-refractivity contribution < 1.29 is 17.6 Å². The van der Waals surface area contributed by atoms with Crippen LogP contribution in [0.3, 0.4) is 0 Å². The van der Waals surface area contributed by atoms with Crippen LogP contribution in [0.5, 0.6) is 5.75 Å². The molecule has 0 aliphatic rings. The summed E-state index contributed by atoms with van der Waals surface area (Å²) >= 11 is 3.43. The Kier molecular flexibility index (Phi) is 8.77. The normalized spacial score (nSPS) is 11.8. The van der Waals surface area contributed by atoms with Crippen molar-refractivity contribution in [3.63, 3.8) is 0 Å². The Morgan fingerprint density at radius 2 is 1.83 bits per heavy atom. The van der Waals surface area contributed by atoms with Gasteiger partial charge in [0.15, 0.2) is 9.84 Å². The van der Waals surface area contributed by atoms with E-state index in [1.165, 1.54) is 11.8 Å². The largest absolute Gasteiger partial charge is 0.487 e. The third-order valence-corrected chi connectivity index (χ3v) is 6.79. The summed E-state index contributed by atoms with van der Waals surface area (Å²) in [6.07, 6.45) is 13.0. The third-order valence-electron chi connectivity index (χ3n) is 5.48. The van der Waals surface area contributed by atoms with Gasteiger partial charge < -0.3 is 13.7 Å². The lowest BCUT2D eigenvalue weighted by atomic mass is 10.1. The Morgan fingerprint density at radius 1 is 1.06 bits per heavy atom. The molecule has 2 aromatic carbocycles. The number of nitrogens with zero attached hydrogens (tertiary/aromatic N) is 3. The van der Waals surface area contributed by atoms with E-state index in [0.29, 0.717) is 18.3 Å². The smallest absolute Gasteiger partial charge is 0.218 e. The molecule has 188 valence electrons. The Labute approximate surface area is 219 Å². The van der Waals surface area contributed by atoms with Crippen LogP contribution in [-0.2, 0) is 35.2 Å². The molecule has 0 saturated heterocycles. The minimum absolute atomic E-state index is 0.0280. The first-order valence-electron chi connectivity index (χ1n) is 11.6. The van der Waals surface area contributed by atoms with E-state index in [-0.39, 0.29) is 5.75 Å². The Bertz CT molecular complexity index is 1390. The molecule has 0 spiro atoms. The van der Waals surface area contributed by atoms with Gasteiger partial charge in [0.2, 0.25) is 5.89 Å². The molecule has 0 aliphatic heterocycles. The van der Waals surface area contributed by atoms with Crippen molar-refractivity contribution in [3.8, 4) is 5.75 Å². The molecule has 0 N–H and O–H groups in total. The zero-order valence-electron chi connectivity index (χ0n) is 20.0. The number of imidazole rings is 1. The van der Waals surface area contributed by atoms with Crippen molar-refractivity contribution in [2.45, 2.75) is 38.2 Å². The molecule has 36 heavy (non-hydrogen) atoms. The summed E-state index contributed by atoms with van der Waals surface area (Å²) in [5.41, 5.74) is 3.02. The Hall–Kier alpha value is -3.17. The average Bonchev–Trinajstić information content (AvgIpc) is 3.49. The van der Waals surface area contributed by atoms with Gasteiger partial charge in [0.05, 0.1) is 0 Å². The van der Waals surface area contributed by atoms with Crippen LogP contribution in [-0.4, -0.2) is 29.2 Å². The van der Waals surface area contributed by atoms with Crippen LogP contribution in [0.4, 0.5) is 0 Å². The molecule has 0 aliphatic carbocycles. The number of aryl methyl sites for hydroxylation is 2. The van der Waals surface area contributed by atoms with Gasteiger partial charge in [-0.15, -0.1) is 0 Å². The van der Waals surface area contributed by atoms with Gasteiger partial charge in [-0.3, -0.25) is 0 Å². The van der Waals surface area contributed by atoms with Crippen molar-refractivity contribution in [2.24, 2.45) is 0 Å². The predicted octanol–water partition coefficient (Wildman–Crippen LogP) is 5.95. The molecule has 0 fully saturated rings. The fourth-order valence-corrected chi connectivity index (χ4v) is 4.62. The molecular weight excluding hydrogens is 542 g/mol. The molecule has 0 saturated carbocycles. The molecule has 0 atom stereocenters. The summed E-state index contributed by atoms with van der Waals surface area (Å²) < 4.78 is 37.4. The minimum atomic E-state index is -3.09. The second-order valence-electron chi connectivity index (χ2n) is 8.56. The minimum Gasteiger partial charge on any atom is -0.487 e. The molecule has 2 aromatic heterocycles. The highest BCUT2D eigenvalue weighted by atomic mass is 79.9. The molecule has 0 amide bonds. The van der Waals surface area contributed by atoms with E-state index in [2.05, 4.69) is 38.0 Å². The first-order chi connectivity index (χ1) is 17.3. The van der Waals surface area contributed by atoms with Gasteiger partial charge >= 0.3 is 0 Å². The van der Waals surface area contributed by atoms with Gasteiger partial charge in [-0.1, -0.05) is 40.2 Å². The predicted molar refractivity (Wildman–Crippen MR) is 144 cm³/mol. The lowest BCUT2D eigenvalue weighted by Gasteiger charge is -2.08. The Balaban J connectivity index is 1.19. The summed E-state index contributed by atoms with van der Waals surface area (Å²) in [4.78, 5) is 8.61. The monoisotopic (exact) mass is 569 g/mol. The molecule has 4 aromatic rings. The lowest BCUT2D eigenvalue weighted by molar-refractivity contribution is 0.301. The topological polar surface area (TPSA) is 87.2 Å². The fraction of sp³-hybridized carbons (Fsp3) is 0.259. The highest BCUT2D eigenvalue weighted by Crippen LogP contribution is 2.17. The summed E-state index contributed by atoms with van der Waals surface area (Å²) in [5, 5.41) is 0. The number of rotatable bonds is 12. The highest BCUT2D eigenvalue weighted by Gasteiger charge is 2.10. The van der Waals surface area contributed by atoms with Crippen LogP contribution >= 0.6 is 15.9 Å². The van der Waals surface area contributed by atoms with E-state index < -0.39 is 9.84 Å². The number of unbranched alkanes of at least 4 members (excludes halogenated alkanes) is 1. The average molecular weight is 571 g/mol. The van der Waals surface area contributed by atoms with Gasteiger partial charge in [0.25, 0.3) is 0 Å². The van der Waals surface area contributed by atoms with Gasteiger partial charge in [-0.25, -0.2) is 18.4 Å². The number of benzene rings is 2. The maximum atomic E-state index is 11.5. The molecule has 0 bridgehead atoms. The van der Waals surface area contributed by atoms with E-state index in [0.717, 1.165) is 47.3 Å².